The molecular weight excluding hydrogens is 252 g/mol. The van der Waals surface area contributed by atoms with Gasteiger partial charge < -0.3 is 10.2 Å². The first-order valence-corrected chi connectivity index (χ1v) is 6.93. The summed E-state index contributed by atoms with van der Waals surface area (Å²) in [5.41, 5.74) is 1.68. The smallest absolute Gasteiger partial charge is 0.240 e. The lowest BCUT2D eigenvalue weighted by molar-refractivity contribution is -0.143. The first-order valence-electron chi connectivity index (χ1n) is 6.93. The van der Waals surface area contributed by atoms with Gasteiger partial charge in [0.05, 0.1) is 11.6 Å². The maximum absolute atomic E-state index is 12.6. The van der Waals surface area contributed by atoms with E-state index in [1.54, 1.807) is 25.8 Å². The number of amides is 1. The fraction of sp³-hybridized carbons (Fsp3) is 0.500. The second kappa shape index (κ2) is 5.37. The van der Waals surface area contributed by atoms with Crippen molar-refractivity contribution in [3.63, 3.8) is 0 Å². The molecule has 1 N–H and O–H groups in total. The summed E-state index contributed by atoms with van der Waals surface area (Å²) in [4.78, 5) is 25.8. The molecule has 0 radical (unpaired) electrons. The SMILES string of the molecule is CC(=O)C(C)(C)N(C)C(=O)C1Cc2ccccc2CN1. The van der Waals surface area contributed by atoms with E-state index in [4.69, 9.17) is 0 Å². The second-order valence-corrected chi connectivity index (χ2v) is 5.92. The molecule has 0 aliphatic carbocycles. The Kier molecular flexibility index (Phi) is 3.95. The number of ketones is 1. The van der Waals surface area contributed by atoms with E-state index >= 15 is 0 Å². The second-order valence-electron chi connectivity index (χ2n) is 5.92. The van der Waals surface area contributed by atoms with Gasteiger partial charge in [0, 0.05) is 13.6 Å². The van der Waals surface area contributed by atoms with E-state index in [0.29, 0.717) is 13.0 Å². The van der Waals surface area contributed by atoms with E-state index in [2.05, 4.69) is 17.4 Å². The molecule has 4 heteroatoms. The highest BCUT2D eigenvalue weighted by molar-refractivity contribution is 5.92. The predicted molar refractivity (Wildman–Crippen MR) is 78.3 cm³/mol. The molecule has 0 spiro atoms. The zero-order valence-corrected chi connectivity index (χ0v) is 12.6. The van der Waals surface area contributed by atoms with Crippen molar-refractivity contribution in [1.29, 1.82) is 0 Å². The zero-order valence-electron chi connectivity index (χ0n) is 12.6. The quantitative estimate of drug-likeness (QED) is 0.909. The van der Waals surface area contributed by atoms with Gasteiger partial charge in [-0.3, -0.25) is 9.59 Å². The molecule has 1 atom stereocenters. The molecule has 2 rings (SSSR count). The molecule has 0 saturated heterocycles. The van der Waals surface area contributed by atoms with Gasteiger partial charge in [0.2, 0.25) is 5.91 Å². The highest BCUT2D eigenvalue weighted by Gasteiger charge is 2.36. The van der Waals surface area contributed by atoms with Gasteiger partial charge >= 0.3 is 0 Å². The molecular formula is C16H22N2O2. The molecule has 1 amide bonds. The Labute approximate surface area is 120 Å². The lowest BCUT2D eigenvalue weighted by atomic mass is 9.92. The Hall–Kier alpha value is -1.68. The van der Waals surface area contributed by atoms with Crippen molar-refractivity contribution < 1.29 is 9.59 Å². The van der Waals surface area contributed by atoms with Crippen LogP contribution in [0.4, 0.5) is 0 Å². The van der Waals surface area contributed by atoms with Gasteiger partial charge in [0.15, 0.2) is 5.78 Å². The number of nitrogens with zero attached hydrogens (tertiary/aromatic N) is 1. The number of rotatable bonds is 3. The molecule has 0 bridgehead atoms. The van der Waals surface area contributed by atoms with Crippen LogP contribution in [0.25, 0.3) is 0 Å². The van der Waals surface area contributed by atoms with Crippen molar-refractivity contribution in [2.24, 2.45) is 0 Å². The van der Waals surface area contributed by atoms with Gasteiger partial charge in [-0.2, -0.15) is 0 Å². The molecule has 1 aliphatic rings. The number of carbonyl (C=O) groups excluding carboxylic acids is 2. The molecule has 1 aromatic rings. The summed E-state index contributed by atoms with van der Waals surface area (Å²) in [6, 6.07) is 7.88. The molecule has 1 aliphatic heterocycles. The normalized spacial score (nSPS) is 18.3. The summed E-state index contributed by atoms with van der Waals surface area (Å²) in [6.07, 6.45) is 0.674. The molecule has 108 valence electrons. The first-order chi connectivity index (χ1) is 9.34. The third kappa shape index (κ3) is 2.61. The average molecular weight is 274 g/mol. The van der Waals surface area contributed by atoms with Crippen LogP contribution < -0.4 is 5.32 Å². The minimum atomic E-state index is -0.768. The number of likely N-dealkylation sites (N-methyl/N-ethyl adjacent to an activating group) is 1. The molecule has 1 unspecified atom stereocenters. The van der Waals surface area contributed by atoms with Crippen molar-refractivity contribution in [3.05, 3.63) is 35.4 Å². The van der Waals surface area contributed by atoms with Gasteiger partial charge in [-0.25, -0.2) is 0 Å². The topological polar surface area (TPSA) is 49.4 Å². The zero-order chi connectivity index (χ0) is 14.9. The lowest BCUT2D eigenvalue weighted by Gasteiger charge is -2.37. The van der Waals surface area contributed by atoms with Crippen LogP contribution in [0, 0.1) is 0 Å². The van der Waals surface area contributed by atoms with E-state index < -0.39 is 5.54 Å². The van der Waals surface area contributed by atoms with E-state index in [1.807, 2.05) is 12.1 Å². The van der Waals surface area contributed by atoms with Gasteiger partial charge in [-0.15, -0.1) is 0 Å². The van der Waals surface area contributed by atoms with Crippen molar-refractivity contribution in [2.45, 2.75) is 45.3 Å². The summed E-state index contributed by atoms with van der Waals surface area (Å²) >= 11 is 0. The predicted octanol–water partition coefficient (Wildman–Crippen LogP) is 1.53. The number of benzene rings is 1. The van der Waals surface area contributed by atoms with Gasteiger partial charge in [0.1, 0.15) is 0 Å². The van der Waals surface area contributed by atoms with Crippen LogP contribution in [0.5, 0.6) is 0 Å². The van der Waals surface area contributed by atoms with E-state index in [1.165, 1.54) is 18.1 Å². The standard InChI is InChI=1S/C16H22N2O2/c1-11(19)16(2,3)18(4)15(20)14-9-12-7-5-6-8-13(12)10-17-14/h5-8,14,17H,9-10H2,1-4H3. The Morgan fingerprint density at radius 3 is 2.45 bits per heavy atom. The Bertz CT molecular complexity index is 537. The largest absolute Gasteiger partial charge is 0.332 e. The summed E-state index contributed by atoms with van der Waals surface area (Å²) < 4.78 is 0. The van der Waals surface area contributed by atoms with Crippen LogP contribution in [0.15, 0.2) is 24.3 Å². The minimum Gasteiger partial charge on any atom is -0.332 e. The fourth-order valence-electron chi connectivity index (χ4n) is 2.37. The van der Waals surface area contributed by atoms with Crippen LogP contribution in [-0.4, -0.2) is 35.2 Å². The lowest BCUT2D eigenvalue weighted by Crippen LogP contribution is -2.57. The molecule has 1 heterocycles. The average Bonchev–Trinajstić information content (AvgIpc) is 2.44. The highest BCUT2D eigenvalue weighted by atomic mass is 16.2. The number of hydrogen-bond acceptors (Lipinski definition) is 3. The first kappa shape index (κ1) is 14.7. The van der Waals surface area contributed by atoms with Crippen molar-refractivity contribution in [1.82, 2.24) is 10.2 Å². The van der Waals surface area contributed by atoms with Gasteiger partial charge in [-0.05, 0) is 38.3 Å². The van der Waals surface area contributed by atoms with Gasteiger partial charge in [0.25, 0.3) is 0 Å². The molecule has 4 nitrogen and oxygen atoms in total. The number of hydrogen-bond donors (Lipinski definition) is 1. The van der Waals surface area contributed by atoms with Gasteiger partial charge in [-0.1, -0.05) is 24.3 Å². The molecule has 0 aromatic heterocycles. The minimum absolute atomic E-state index is 0.00967. The van der Waals surface area contributed by atoms with Crippen LogP contribution in [-0.2, 0) is 22.6 Å². The van der Waals surface area contributed by atoms with E-state index in [9.17, 15) is 9.59 Å². The third-order valence-corrected chi connectivity index (χ3v) is 4.41. The Morgan fingerprint density at radius 1 is 1.25 bits per heavy atom. The van der Waals surface area contributed by atoms with E-state index in [0.717, 1.165) is 0 Å². The highest BCUT2D eigenvalue weighted by Crippen LogP contribution is 2.20. The molecule has 1 aromatic carbocycles. The molecule has 20 heavy (non-hydrogen) atoms. The Morgan fingerprint density at radius 2 is 1.85 bits per heavy atom. The fourth-order valence-corrected chi connectivity index (χ4v) is 2.37. The summed E-state index contributed by atoms with van der Waals surface area (Å²) in [5, 5.41) is 3.26. The maximum atomic E-state index is 12.6. The Balaban J connectivity index is 2.14. The van der Waals surface area contributed by atoms with Crippen LogP contribution in [0.3, 0.4) is 0 Å². The molecule has 0 saturated carbocycles. The number of fused-ring (bicyclic) bond motifs is 1. The van der Waals surface area contributed by atoms with Crippen LogP contribution >= 0.6 is 0 Å². The number of nitrogens with one attached hydrogen (secondary N) is 1. The van der Waals surface area contributed by atoms with Crippen molar-refractivity contribution in [2.75, 3.05) is 7.05 Å². The third-order valence-electron chi connectivity index (χ3n) is 4.41. The number of carbonyl (C=O) groups is 2. The maximum Gasteiger partial charge on any atom is 0.240 e. The number of Topliss-reactive ketones (excluding diaryl/α,β-unsaturated/α-hetero) is 1. The molecule has 0 fully saturated rings. The summed E-state index contributed by atoms with van der Waals surface area (Å²) in [7, 11) is 1.70. The van der Waals surface area contributed by atoms with Crippen molar-refractivity contribution in [3.8, 4) is 0 Å². The van der Waals surface area contributed by atoms with Crippen molar-refractivity contribution >= 4 is 11.7 Å². The summed E-state index contributed by atoms with van der Waals surface area (Å²) in [6.45, 7) is 5.78. The van der Waals surface area contributed by atoms with Crippen LogP contribution in [0.1, 0.15) is 31.9 Å². The summed E-state index contributed by atoms with van der Waals surface area (Å²) in [5.74, 6) is -0.0377. The van der Waals surface area contributed by atoms with E-state index in [-0.39, 0.29) is 17.7 Å². The monoisotopic (exact) mass is 274 g/mol. The van der Waals surface area contributed by atoms with Crippen LogP contribution in [0.2, 0.25) is 0 Å².